The van der Waals surface area contributed by atoms with Gasteiger partial charge in [0.2, 0.25) is 5.91 Å². The van der Waals surface area contributed by atoms with Crippen LogP contribution in [0.4, 0.5) is 4.79 Å². The first-order valence-electron chi connectivity index (χ1n) is 6.93. The molecule has 0 unspecified atom stereocenters. The van der Waals surface area contributed by atoms with E-state index in [4.69, 9.17) is 16.3 Å². The van der Waals surface area contributed by atoms with Gasteiger partial charge in [0.25, 0.3) is 0 Å². The molecule has 6 heteroatoms. The Hall–Kier alpha value is -1.75. The summed E-state index contributed by atoms with van der Waals surface area (Å²) in [5, 5.41) is 0. The van der Waals surface area contributed by atoms with Crippen molar-refractivity contribution in [3.8, 4) is 0 Å². The van der Waals surface area contributed by atoms with Crippen LogP contribution in [0.1, 0.15) is 12.5 Å². The third kappa shape index (κ3) is 4.11. The first kappa shape index (κ1) is 15.6. The first-order chi connectivity index (χ1) is 10.1. The van der Waals surface area contributed by atoms with E-state index in [9.17, 15) is 9.59 Å². The third-order valence-corrected chi connectivity index (χ3v) is 3.75. The molecular formula is C15H19ClN2O3. The molecule has 1 saturated heterocycles. The Balaban J connectivity index is 1.83. The predicted molar refractivity (Wildman–Crippen MR) is 80.1 cm³/mol. The molecular weight excluding hydrogens is 292 g/mol. The summed E-state index contributed by atoms with van der Waals surface area (Å²) in [7, 11) is 0. The van der Waals surface area contributed by atoms with E-state index >= 15 is 0 Å². The van der Waals surface area contributed by atoms with Crippen LogP contribution < -0.4 is 0 Å². The summed E-state index contributed by atoms with van der Waals surface area (Å²) in [5.74, 6) is -0.121. The van der Waals surface area contributed by atoms with E-state index in [0.29, 0.717) is 19.6 Å². The lowest BCUT2D eigenvalue weighted by Gasteiger charge is -2.39. The van der Waals surface area contributed by atoms with Crippen molar-refractivity contribution in [3.63, 3.8) is 0 Å². The quantitative estimate of drug-likeness (QED) is 0.803. The van der Waals surface area contributed by atoms with Crippen LogP contribution >= 0.6 is 11.6 Å². The number of amides is 2. The lowest BCUT2D eigenvalue weighted by atomic mass is 10.2. The summed E-state index contributed by atoms with van der Waals surface area (Å²) in [6.45, 7) is 3.60. The van der Waals surface area contributed by atoms with E-state index in [2.05, 4.69) is 0 Å². The highest BCUT2D eigenvalue weighted by molar-refractivity contribution is 6.27. The molecule has 0 bridgehead atoms. The molecule has 1 atom stereocenters. The van der Waals surface area contributed by atoms with E-state index in [1.807, 2.05) is 37.3 Å². The molecule has 0 saturated carbocycles. The number of rotatable bonds is 3. The number of piperazine rings is 1. The molecule has 2 amide bonds. The molecule has 0 radical (unpaired) electrons. The van der Waals surface area contributed by atoms with Gasteiger partial charge in [-0.15, -0.1) is 11.6 Å². The molecule has 5 nitrogen and oxygen atoms in total. The molecule has 0 N–H and O–H groups in total. The van der Waals surface area contributed by atoms with Crippen LogP contribution in [0.3, 0.4) is 0 Å². The number of carbonyl (C=O) groups excluding carboxylic acids is 2. The topological polar surface area (TPSA) is 49.9 Å². The zero-order valence-electron chi connectivity index (χ0n) is 12.0. The Bertz CT molecular complexity index is 495. The molecule has 1 aliphatic rings. The zero-order chi connectivity index (χ0) is 15.2. The molecule has 1 heterocycles. The predicted octanol–water partition coefficient (Wildman–Crippen LogP) is 2.09. The average Bonchev–Trinajstić information content (AvgIpc) is 2.52. The van der Waals surface area contributed by atoms with Gasteiger partial charge in [0.05, 0.1) is 0 Å². The monoisotopic (exact) mass is 310 g/mol. The van der Waals surface area contributed by atoms with Crippen molar-refractivity contribution >= 4 is 23.6 Å². The number of benzene rings is 1. The number of hydrogen-bond donors (Lipinski definition) is 0. The first-order valence-corrected chi connectivity index (χ1v) is 7.46. The molecule has 1 aromatic rings. The van der Waals surface area contributed by atoms with E-state index < -0.39 is 0 Å². The number of hydrogen-bond acceptors (Lipinski definition) is 3. The van der Waals surface area contributed by atoms with Crippen molar-refractivity contribution in [1.29, 1.82) is 0 Å². The van der Waals surface area contributed by atoms with Crippen LogP contribution in [0, 0.1) is 0 Å². The van der Waals surface area contributed by atoms with Gasteiger partial charge in [-0.3, -0.25) is 4.79 Å². The van der Waals surface area contributed by atoms with Crippen LogP contribution in [-0.2, 0) is 16.1 Å². The van der Waals surface area contributed by atoms with Gasteiger partial charge in [-0.1, -0.05) is 30.3 Å². The lowest BCUT2D eigenvalue weighted by molar-refractivity contribution is -0.132. The number of carbonyl (C=O) groups is 2. The van der Waals surface area contributed by atoms with Crippen molar-refractivity contribution in [2.24, 2.45) is 0 Å². The fraction of sp³-hybridized carbons (Fsp3) is 0.467. The van der Waals surface area contributed by atoms with Gasteiger partial charge < -0.3 is 14.5 Å². The molecule has 2 rings (SSSR count). The maximum Gasteiger partial charge on any atom is 0.410 e. The Morgan fingerprint density at radius 3 is 2.62 bits per heavy atom. The maximum absolute atomic E-state index is 12.0. The van der Waals surface area contributed by atoms with Gasteiger partial charge >= 0.3 is 6.09 Å². The van der Waals surface area contributed by atoms with Crippen LogP contribution in [-0.4, -0.2) is 53.4 Å². The fourth-order valence-electron chi connectivity index (χ4n) is 2.38. The summed E-state index contributed by atoms with van der Waals surface area (Å²) >= 11 is 5.57. The minimum Gasteiger partial charge on any atom is -0.445 e. The van der Waals surface area contributed by atoms with Gasteiger partial charge in [0, 0.05) is 25.7 Å². The van der Waals surface area contributed by atoms with Crippen molar-refractivity contribution in [3.05, 3.63) is 35.9 Å². The molecule has 0 aliphatic carbocycles. The third-order valence-electron chi connectivity index (χ3n) is 3.53. The lowest BCUT2D eigenvalue weighted by Crippen LogP contribution is -2.55. The minimum atomic E-state index is -0.344. The number of ether oxygens (including phenoxy) is 1. The second-order valence-corrected chi connectivity index (χ2v) is 5.32. The second kappa shape index (κ2) is 7.31. The summed E-state index contributed by atoms with van der Waals surface area (Å²) < 4.78 is 5.30. The van der Waals surface area contributed by atoms with Gasteiger partial charge in [-0.2, -0.15) is 0 Å². The van der Waals surface area contributed by atoms with Gasteiger partial charge in [-0.25, -0.2) is 4.79 Å². The summed E-state index contributed by atoms with van der Waals surface area (Å²) in [5.41, 5.74) is 0.954. The minimum absolute atomic E-state index is 0.0250. The van der Waals surface area contributed by atoms with Gasteiger partial charge in [-0.05, 0) is 12.5 Å². The summed E-state index contributed by atoms with van der Waals surface area (Å²) in [4.78, 5) is 27.0. The van der Waals surface area contributed by atoms with Crippen LogP contribution in [0.15, 0.2) is 30.3 Å². The average molecular weight is 311 g/mol. The smallest absolute Gasteiger partial charge is 0.410 e. The standard InChI is InChI=1S/C15H19ClN2O3/c1-12-10-17(7-8-18(12)14(19)9-16)15(20)21-11-13-5-3-2-4-6-13/h2-6,12H,7-11H2,1H3/t12-/m1/s1. The zero-order valence-corrected chi connectivity index (χ0v) is 12.8. The number of alkyl halides is 1. The summed E-state index contributed by atoms with van der Waals surface area (Å²) in [6, 6.07) is 9.50. The Labute approximate surface area is 129 Å². The van der Waals surface area contributed by atoms with Crippen LogP contribution in [0.2, 0.25) is 0 Å². The normalized spacial score (nSPS) is 18.5. The van der Waals surface area contributed by atoms with Crippen molar-refractivity contribution in [2.75, 3.05) is 25.5 Å². The van der Waals surface area contributed by atoms with E-state index in [-0.39, 0.29) is 30.5 Å². The molecule has 1 aliphatic heterocycles. The molecule has 0 aromatic heterocycles. The Kier molecular flexibility index (Phi) is 5.44. The fourth-order valence-corrected chi connectivity index (χ4v) is 2.53. The highest BCUT2D eigenvalue weighted by Crippen LogP contribution is 2.12. The molecule has 1 fully saturated rings. The largest absolute Gasteiger partial charge is 0.445 e. The van der Waals surface area contributed by atoms with Gasteiger partial charge in [0.1, 0.15) is 12.5 Å². The van der Waals surface area contributed by atoms with E-state index in [1.54, 1.807) is 9.80 Å². The molecule has 114 valence electrons. The SMILES string of the molecule is C[C@@H]1CN(C(=O)OCc2ccccc2)CCN1C(=O)CCl. The van der Waals surface area contributed by atoms with Crippen molar-refractivity contribution in [2.45, 2.75) is 19.6 Å². The molecule has 21 heavy (non-hydrogen) atoms. The molecule has 0 spiro atoms. The van der Waals surface area contributed by atoms with Crippen LogP contribution in [0.25, 0.3) is 0 Å². The molecule has 1 aromatic carbocycles. The number of nitrogens with zero attached hydrogens (tertiary/aromatic N) is 2. The van der Waals surface area contributed by atoms with E-state index in [1.165, 1.54) is 0 Å². The van der Waals surface area contributed by atoms with Crippen molar-refractivity contribution in [1.82, 2.24) is 9.80 Å². The highest BCUT2D eigenvalue weighted by Gasteiger charge is 2.29. The second-order valence-electron chi connectivity index (χ2n) is 5.06. The Morgan fingerprint density at radius 2 is 2.00 bits per heavy atom. The highest BCUT2D eigenvalue weighted by atomic mass is 35.5. The maximum atomic E-state index is 12.0. The van der Waals surface area contributed by atoms with Crippen LogP contribution in [0.5, 0.6) is 0 Å². The Morgan fingerprint density at radius 1 is 1.29 bits per heavy atom. The number of halogens is 1. The van der Waals surface area contributed by atoms with Gasteiger partial charge in [0.15, 0.2) is 0 Å². The van der Waals surface area contributed by atoms with Crippen molar-refractivity contribution < 1.29 is 14.3 Å². The summed E-state index contributed by atoms with van der Waals surface area (Å²) in [6.07, 6.45) is -0.344. The van der Waals surface area contributed by atoms with E-state index in [0.717, 1.165) is 5.56 Å².